The number of nitrogens with zero attached hydrogens (tertiary/aromatic N) is 5. The lowest BCUT2D eigenvalue weighted by Gasteiger charge is -2.33. The van der Waals surface area contributed by atoms with Gasteiger partial charge in [0.05, 0.1) is 19.4 Å². The molecule has 0 aliphatic carbocycles. The lowest BCUT2D eigenvalue weighted by molar-refractivity contribution is 0.0685. The van der Waals surface area contributed by atoms with Crippen LogP contribution < -0.4 is 19.3 Å². The summed E-state index contributed by atoms with van der Waals surface area (Å²) in [6.07, 6.45) is 4.39. The van der Waals surface area contributed by atoms with Gasteiger partial charge in [0.2, 0.25) is 10.0 Å². The van der Waals surface area contributed by atoms with Gasteiger partial charge in [0.1, 0.15) is 29.1 Å². The fourth-order valence-corrected chi connectivity index (χ4v) is 6.51. The molecular weight excluding hydrogens is 541 g/mol. The highest BCUT2D eigenvalue weighted by Gasteiger charge is 2.39. The molecule has 11 nitrogen and oxygen atoms in total. The third kappa shape index (κ3) is 4.61. The zero-order chi connectivity index (χ0) is 28.8. The number of halogens is 1. The Morgan fingerprint density at radius 1 is 1.23 bits per heavy atom. The average molecular weight is 574 g/mol. The number of amides is 1. The number of ether oxygens (including phenoxy) is 2. The Morgan fingerprint density at radius 3 is 2.73 bits per heavy atom. The molecule has 0 unspecified atom stereocenters. The van der Waals surface area contributed by atoms with E-state index in [4.69, 9.17) is 9.47 Å². The highest BCUT2D eigenvalue weighted by molar-refractivity contribution is 7.92. The van der Waals surface area contributed by atoms with Gasteiger partial charge in [-0.1, -0.05) is 18.2 Å². The Balaban J connectivity index is 1.85. The van der Waals surface area contributed by atoms with Crippen LogP contribution in [0.4, 0.5) is 10.2 Å². The Hall–Kier alpha value is -3.87. The smallest absolute Gasteiger partial charge is 0.280 e. The van der Waals surface area contributed by atoms with E-state index in [1.807, 2.05) is 19.9 Å². The predicted molar refractivity (Wildman–Crippen MR) is 148 cm³/mol. The number of fused-ring (bicyclic) bond motifs is 7. The number of allylic oxidation sites excluding steroid dienone is 1. The summed E-state index contributed by atoms with van der Waals surface area (Å²) >= 11 is 0. The van der Waals surface area contributed by atoms with Crippen molar-refractivity contribution in [3.8, 4) is 11.5 Å². The van der Waals surface area contributed by atoms with E-state index in [2.05, 4.69) is 5.10 Å². The number of anilines is 1. The minimum absolute atomic E-state index is 0.00116. The van der Waals surface area contributed by atoms with Crippen LogP contribution in [-0.2, 0) is 16.6 Å². The second-order valence-corrected chi connectivity index (χ2v) is 12.0. The first kappa shape index (κ1) is 27.7. The molecule has 0 radical (unpaired) electrons. The topological polar surface area (TPSA) is 116 Å². The number of aromatic nitrogens is 3. The van der Waals surface area contributed by atoms with Crippen LogP contribution in [0.1, 0.15) is 48.8 Å². The van der Waals surface area contributed by atoms with Crippen molar-refractivity contribution in [3.05, 3.63) is 57.8 Å². The van der Waals surface area contributed by atoms with Crippen LogP contribution in [-0.4, -0.2) is 73.2 Å². The van der Waals surface area contributed by atoms with Crippen LogP contribution in [0.2, 0.25) is 0 Å². The minimum atomic E-state index is -3.87. The molecule has 1 aromatic carbocycles. The minimum Gasteiger partial charge on any atom is -0.493 e. The van der Waals surface area contributed by atoms with E-state index in [0.29, 0.717) is 31.5 Å². The van der Waals surface area contributed by atoms with Crippen molar-refractivity contribution in [2.75, 3.05) is 43.9 Å². The van der Waals surface area contributed by atoms with Crippen molar-refractivity contribution in [2.24, 2.45) is 0 Å². The molecule has 40 heavy (non-hydrogen) atoms. The number of hydrogen-bond donors (Lipinski definition) is 0. The van der Waals surface area contributed by atoms with Gasteiger partial charge in [0.15, 0.2) is 17.3 Å². The molecule has 0 fully saturated rings. The Morgan fingerprint density at radius 2 is 2.00 bits per heavy atom. The van der Waals surface area contributed by atoms with Gasteiger partial charge in [-0.15, -0.1) is 5.10 Å². The molecule has 2 aliphatic rings. The summed E-state index contributed by atoms with van der Waals surface area (Å²) in [4.78, 5) is 29.2. The predicted octanol–water partition coefficient (Wildman–Crippen LogP) is 2.93. The van der Waals surface area contributed by atoms with Gasteiger partial charge in [0.25, 0.3) is 11.5 Å². The highest BCUT2D eigenvalue weighted by Crippen LogP contribution is 2.41. The summed E-state index contributed by atoms with van der Waals surface area (Å²) in [5.74, 6) is -0.682. The van der Waals surface area contributed by atoms with Crippen LogP contribution in [0.25, 0.3) is 10.9 Å². The number of rotatable bonds is 2. The molecule has 2 bridgehead atoms. The zero-order valence-corrected chi connectivity index (χ0v) is 23.7. The molecule has 13 heteroatoms. The number of benzene rings is 1. The Labute approximate surface area is 231 Å². The van der Waals surface area contributed by atoms with Crippen molar-refractivity contribution >= 4 is 32.7 Å². The molecule has 0 N–H and O–H groups in total. The van der Waals surface area contributed by atoms with Gasteiger partial charge < -0.3 is 18.9 Å². The van der Waals surface area contributed by atoms with Crippen LogP contribution >= 0.6 is 0 Å². The van der Waals surface area contributed by atoms with Gasteiger partial charge in [-0.3, -0.25) is 13.9 Å². The number of sulfonamides is 1. The highest BCUT2D eigenvalue weighted by atomic mass is 32.2. The largest absolute Gasteiger partial charge is 0.493 e. The lowest BCUT2D eigenvalue weighted by Crippen LogP contribution is -2.42. The van der Waals surface area contributed by atoms with Crippen molar-refractivity contribution < 1.29 is 27.1 Å². The summed E-state index contributed by atoms with van der Waals surface area (Å²) in [5, 5.41) is 4.60. The molecule has 0 spiro atoms. The maximum Gasteiger partial charge on any atom is 0.280 e. The van der Waals surface area contributed by atoms with Crippen molar-refractivity contribution in [2.45, 2.75) is 39.3 Å². The molecule has 5 rings (SSSR count). The fraction of sp³-hybridized carbons (Fsp3) is 0.444. The number of carbonyl (C=O) groups excluding carboxylic acids is 1. The van der Waals surface area contributed by atoms with Crippen molar-refractivity contribution in [1.29, 1.82) is 0 Å². The SMILES string of the molecule is CCN1C[C@H](C)n2c(c(OC)c3c(=O)n4nc(c32)N(C)S(=O)(=O)CCCC=CCOc2cc(F)ccc2C4)C1=O. The third-order valence-electron chi connectivity index (χ3n) is 7.38. The number of likely N-dealkylation sites (N-methyl/N-ethyl adjacent to an activating group) is 1. The van der Waals surface area contributed by atoms with E-state index in [1.54, 1.807) is 15.5 Å². The van der Waals surface area contributed by atoms with Crippen LogP contribution in [0, 0.1) is 5.82 Å². The normalized spacial score (nSPS) is 19.4. The number of carbonyl (C=O) groups is 1. The van der Waals surface area contributed by atoms with Gasteiger partial charge in [0, 0.05) is 37.8 Å². The first-order valence-corrected chi connectivity index (χ1v) is 14.7. The summed E-state index contributed by atoms with van der Waals surface area (Å²) in [6.45, 7) is 4.59. The van der Waals surface area contributed by atoms with Gasteiger partial charge in [-0.2, -0.15) is 0 Å². The van der Waals surface area contributed by atoms with E-state index in [0.717, 1.165) is 8.99 Å². The monoisotopic (exact) mass is 573 g/mol. The second kappa shape index (κ2) is 10.6. The lowest BCUT2D eigenvalue weighted by atomic mass is 10.2. The van der Waals surface area contributed by atoms with E-state index < -0.39 is 21.4 Å². The standard InChI is InChI=1S/C27H32FN5O6S/c1-5-31-15-17(2)33-22-21(24(38-4)23(33)27(31)35)26(34)32-16-18-10-11-19(28)14-20(18)39-12-8-6-7-9-13-40(36,37)30(3)25(22)29-32/h6,8,10-11,14,17H,5,7,9,12-13,15-16H2,1-4H3/t17-/m0/s1. The summed E-state index contributed by atoms with van der Waals surface area (Å²) in [7, 11) is -1.10. The molecule has 2 aromatic heterocycles. The van der Waals surface area contributed by atoms with Crippen molar-refractivity contribution in [1.82, 2.24) is 19.2 Å². The van der Waals surface area contributed by atoms with E-state index >= 15 is 0 Å². The molecule has 214 valence electrons. The molecule has 2 aliphatic heterocycles. The van der Waals surface area contributed by atoms with Crippen molar-refractivity contribution in [3.63, 3.8) is 0 Å². The molecular formula is C27H32FN5O6S. The van der Waals surface area contributed by atoms with E-state index in [9.17, 15) is 22.4 Å². The third-order valence-corrected chi connectivity index (χ3v) is 9.19. The van der Waals surface area contributed by atoms with Crippen LogP contribution in [0.15, 0.2) is 35.1 Å². The summed E-state index contributed by atoms with van der Waals surface area (Å²) < 4.78 is 56.4. The molecule has 0 saturated heterocycles. The van der Waals surface area contributed by atoms with E-state index in [-0.39, 0.29) is 64.8 Å². The second-order valence-electron chi connectivity index (χ2n) is 9.91. The Kier molecular flexibility index (Phi) is 7.34. The maximum absolute atomic E-state index is 14.1. The fourth-order valence-electron chi connectivity index (χ4n) is 5.32. The number of hydrogen-bond acceptors (Lipinski definition) is 7. The van der Waals surface area contributed by atoms with Gasteiger partial charge >= 0.3 is 0 Å². The Bertz CT molecular complexity index is 1680. The van der Waals surface area contributed by atoms with E-state index in [1.165, 1.54) is 32.4 Å². The van der Waals surface area contributed by atoms with Gasteiger partial charge in [-0.25, -0.2) is 17.5 Å². The first-order valence-electron chi connectivity index (χ1n) is 13.1. The molecule has 1 atom stereocenters. The zero-order valence-electron chi connectivity index (χ0n) is 22.9. The maximum atomic E-state index is 14.1. The molecule has 4 heterocycles. The molecule has 3 aromatic rings. The van der Waals surface area contributed by atoms with Crippen LogP contribution in [0.5, 0.6) is 11.5 Å². The average Bonchev–Trinajstić information content (AvgIpc) is 3.28. The summed E-state index contributed by atoms with van der Waals surface area (Å²) in [5.41, 5.74) is 0.285. The van der Waals surface area contributed by atoms with Crippen LogP contribution in [0.3, 0.4) is 0 Å². The van der Waals surface area contributed by atoms with Gasteiger partial charge in [-0.05, 0) is 32.8 Å². The molecule has 0 saturated carbocycles. The summed E-state index contributed by atoms with van der Waals surface area (Å²) in [6, 6.07) is 3.70. The molecule has 1 amide bonds. The quantitative estimate of drug-likeness (QED) is 0.433. The number of methoxy groups -OCH3 is 1. The first-order chi connectivity index (χ1) is 19.1.